The highest BCUT2D eigenvalue weighted by Gasteiger charge is 2.28. The molecule has 0 radical (unpaired) electrons. The van der Waals surface area contributed by atoms with Crippen LogP contribution >= 0.6 is 23.2 Å². The maximum absolute atomic E-state index is 12.8. The van der Waals surface area contributed by atoms with E-state index >= 15 is 0 Å². The van der Waals surface area contributed by atoms with Crippen molar-refractivity contribution in [3.8, 4) is 0 Å². The van der Waals surface area contributed by atoms with Gasteiger partial charge in [0.15, 0.2) is 0 Å². The zero-order valence-electron chi connectivity index (χ0n) is 18.7. The molecule has 0 aliphatic carbocycles. The van der Waals surface area contributed by atoms with Gasteiger partial charge in [-0.25, -0.2) is 0 Å². The molecule has 1 aliphatic heterocycles. The van der Waals surface area contributed by atoms with Crippen molar-refractivity contribution in [1.82, 2.24) is 15.1 Å². The Morgan fingerprint density at radius 2 is 1.81 bits per heavy atom. The third kappa shape index (κ3) is 6.47. The Hall–Kier alpha value is -2.08. The summed E-state index contributed by atoms with van der Waals surface area (Å²) in [5, 5.41) is 4.18. The van der Waals surface area contributed by atoms with Crippen LogP contribution in [-0.4, -0.2) is 53.8 Å². The highest BCUT2D eigenvalue weighted by Crippen LogP contribution is 2.26. The molecular weight excluding hydrogens is 445 g/mol. The molecule has 0 aromatic heterocycles. The zero-order chi connectivity index (χ0) is 23.1. The van der Waals surface area contributed by atoms with Gasteiger partial charge in [0, 0.05) is 34.7 Å². The summed E-state index contributed by atoms with van der Waals surface area (Å²) in [4.78, 5) is 29.7. The fourth-order valence-corrected chi connectivity index (χ4v) is 4.85. The SMILES string of the molecule is CCCN(CC(=O)NC(C)c1ccc(Cl)cc1Cl)C1CCN(C(=O)c2ccccc2)CC1. The van der Waals surface area contributed by atoms with Gasteiger partial charge in [-0.1, -0.05) is 54.4 Å². The van der Waals surface area contributed by atoms with Gasteiger partial charge in [0.25, 0.3) is 5.91 Å². The summed E-state index contributed by atoms with van der Waals surface area (Å²) < 4.78 is 0. The fraction of sp³-hybridized carbons (Fsp3) is 0.440. The molecule has 0 spiro atoms. The van der Waals surface area contributed by atoms with Crippen LogP contribution in [-0.2, 0) is 4.79 Å². The van der Waals surface area contributed by atoms with Crippen molar-refractivity contribution in [3.63, 3.8) is 0 Å². The number of carbonyl (C=O) groups is 2. The summed E-state index contributed by atoms with van der Waals surface area (Å²) in [6, 6.07) is 14.8. The summed E-state index contributed by atoms with van der Waals surface area (Å²) in [5.41, 5.74) is 1.57. The quantitative estimate of drug-likeness (QED) is 0.571. The summed E-state index contributed by atoms with van der Waals surface area (Å²) in [6.45, 7) is 6.63. The van der Waals surface area contributed by atoms with E-state index in [0.717, 1.165) is 36.9 Å². The molecule has 2 aromatic rings. The second-order valence-electron chi connectivity index (χ2n) is 8.31. The van der Waals surface area contributed by atoms with E-state index in [4.69, 9.17) is 23.2 Å². The number of hydrogen-bond acceptors (Lipinski definition) is 3. The van der Waals surface area contributed by atoms with Crippen molar-refractivity contribution in [3.05, 3.63) is 69.7 Å². The lowest BCUT2D eigenvalue weighted by Gasteiger charge is -2.38. The van der Waals surface area contributed by atoms with Crippen LogP contribution in [0.4, 0.5) is 0 Å². The first-order valence-electron chi connectivity index (χ1n) is 11.2. The highest BCUT2D eigenvalue weighted by atomic mass is 35.5. The molecule has 0 saturated carbocycles. The van der Waals surface area contributed by atoms with Crippen molar-refractivity contribution in [1.29, 1.82) is 0 Å². The number of amides is 2. The number of nitrogens with zero attached hydrogens (tertiary/aromatic N) is 2. The maximum atomic E-state index is 12.8. The molecule has 1 N–H and O–H groups in total. The minimum absolute atomic E-state index is 0.0280. The molecule has 32 heavy (non-hydrogen) atoms. The van der Waals surface area contributed by atoms with Crippen LogP contribution < -0.4 is 5.32 Å². The number of piperidine rings is 1. The zero-order valence-corrected chi connectivity index (χ0v) is 20.2. The number of likely N-dealkylation sites (tertiary alicyclic amines) is 1. The Morgan fingerprint density at radius 1 is 1.12 bits per heavy atom. The van der Waals surface area contributed by atoms with Gasteiger partial charge in [-0.3, -0.25) is 14.5 Å². The van der Waals surface area contributed by atoms with Crippen LogP contribution in [0.2, 0.25) is 10.0 Å². The van der Waals surface area contributed by atoms with Gasteiger partial charge >= 0.3 is 0 Å². The molecule has 1 heterocycles. The van der Waals surface area contributed by atoms with Crippen molar-refractivity contribution >= 4 is 35.0 Å². The molecule has 1 atom stereocenters. The summed E-state index contributed by atoms with van der Waals surface area (Å²) in [7, 11) is 0. The Labute approximate surface area is 200 Å². The normalized spacial score (nSPS) is 15.6. The van der Waals surface area contributed by atoms with E-state index in [-0.39, 0.29) is 23.9 Å². The summed E-state index contributed by atoms with van der Waals surface area (Å²) in [6.07, 6.45) is 2.70. The highest BCUT2D eigenvalue weighted by molar-refractivity contribution is 6.35. The van der Waals surface area contributed by atoms with E-state index in [1.165, 1.54) is 0 Å². The molecule has 1 fully saturated rings. The lowest BCUT2D eigenvalue weighted by atomic mass is 10.0. The number of rotatable bonds is 8. The first-order valence-corrected chi connectivity index (χ1v) is 12.0. The van der Waals surface area contributed by atoms with Crippen LogP contribution in [0.25, 0.3) is 0 Å². The number of hydrogen-bond donors (Lipinski definition) is 1. The van der Waals surface area contributed by atoms with Crippen LogP contribution in [0.3, 0.4) is 0 Å². The fourth-order valence-electron chi connectivity index (χ4n) is 4.28. The van der Waals surface area contributed by atoms with Gasteiger partial charge in [-0.05, 0) is 62.6 Å². The molecule has 2 aromatic carbocycles. The van der Waals surface area contributed by atoms with Crippen molar-refractivity contribution in [2.45, 2.75) is 45.2 Å². The van der Waals surface area contributed by atoms with E-state index in [2.05, 4.69) is 17.1 Å². The Morgan fingerprint density at radius 3 is 2.44 bits per heavy atom. The molecular formula is C25H31Cl2N3O2. The molecule has 0 bridgehead atoms. The van der Waals surface area contributed by atoms with Crippen LogP contribution in [0.5, 0.6) is 0 Å². The summed E-state index contributed by atoms with van der Waals surface area (Å²) >= 11 is 12.3. The third-order valence-electron chi connectivity index (χ3n) is 5.95. The molecule has 2 amide bonds. The average Bonchev–Trinajstić information content (AvgIpc) is 2.79. The molecule has 1 aliphatic rings. The van der Waals surface area contributed by atoms with Gasteiger partial charge in [-0.15, -0.1) is 0 Å². The van der Waals surface area contributed by atoms with Crippen molar-refractivity contribution < 1.29 is 9.59 Å². The van der Waals surface area contributed by atoms with E-state index in [9.17, 15) is 9.59 Å². The number of carbonyl (C=O) groups excluding carboxylic acids is 2. The van der Waals surface area contributed by atoms with Crippen LogP contribution in [0.15, 0.2) is 48.5 Å². The van der Waals surface area contributed by atoms with E-state index < -0.39 is 0 Å². The first-order chi connectivity index (χ1) is 15.4. The van der Waals surface area contributed by atoms with Crippen LogP contribution in [0.1, 0.15) is 55.1 Å². The molecule has 1 unspecified atom stereocenters. The minimum Gasteiger partial charge on any atom is -0.348 e. The van der Waals surface area contributed by atoms with E-state index in [1.54, 1.807) is 12.1 Å². The number of benzene rings is 2. The Balaban J connectivity index is 1.55. The van der Waals surface area contributed by atoms with E-state index in [0.29, 0.717) is 29.7 Å². The van der Waals surface area contributed by atoms with Crippen molar-refractivity contribution in [2.75, 3.05) is 26.2 Å². The van der Waals surface area contributed by atoms with Crippen molar-refractivity contribution in [2.24, 2.45) is 0 Å². The standard InChI is InChI=1S/C25H31Cl2N3O2/c1-3-13-30(17-24(31)28-18(2)22-10-9-20(26)16-23(22)27)21-11-14-29(15-12-21)25(32)19-7-5-4-6-8-19/h4-10,16,18,21H,3,11-15,17H2,1-2H3,(H,28,31). The van der Waals surface area contributed by atoms with Gasteiger partial charge in [0.05, 0.1) is 12.6 Å². The number of halogens is 2. The first kappa shape index (κ1) is 24.6. The molecule has 3 rings (SSSR count). The molecule has 172 valence electrons. The van der Waals surface area contributed by atoms with E-state index in [1.807, 2.05) is 48.2 Å². The second kappa shape index (κ2) is 11.7. The molecule has 7 heteroatoms. The average molecular weight is 476 g/mol. The Bertz CT molecular complexity index is 915. The predicted molar refractivity (Wildman–Crippen MR) is 130 cm³/mol. The largest absolute Gasteiger partial charge is 0.348 e. The third-order valence-corrected chi connectivity index (χ3v) is 6.52. The number of nitrogens with one attached hydrogen (secondary N) is 1. The van der Waals surface area contributed by atoms with Gasteiger partial charge in [0.2, 0.25) is 5.91 Å². The second-order valence-corrected chi connectivity index (χ2v) is 9.16. The molecule has 5 nitrogen and oxygen atoms in total. The smallest absolute Gasteiger partial charge is 0.253 e. The monoisotopic (exact) mass is 475 g/mol. The summed E-state index contributed by atoms with van der Waals surface area (Å²) in [5.74, 6) is 0.0530. The van der Waals surface area contributed by atoms with Crippen LogP contribution in [0, 0.1) is 0 Å². The molecule has 1 saturated heterocycles. The lowest BCUT2D eigenvalue weighted by molar-refractivity contribution is -0.123. The lowest BCUT2D eigenvalue weighted by Crippen LogP contribution is -2.49. The minimum atomic E-state index is -0.207. The van der Waals surface area contributed by atoms with Gasteiger partial charge < -0.3 is 10.2 Å². The van der Waals surface area contributed by atoms with Gasteiger partial charge in [-0.2, -0.15) is 0 Å². The topological polar surface area (TPSA) is 52.7 Å². The maximum Gasteiger partial charge on any atom is 0.253 e. The Kier molecular flexibility index (Phi) is 8.97. The van der Waals surface area contributed by atoms with Gasteiger partial charge in [0.1, 0.15) is 0 Å². The predicted octanol–water partition coefficient (Wildman–Crippen LogP) is 5.19.